The van der Waals surface area contributed by atoms with E-state index in [1.807, 2.05) is 0 Å². The molecule has 0 spiro atoms. The van der Waals surface area contributed by atoms with E-state index in [1.165, 1.54) is 0 Å². The zero-order valence-corrected chi connectivity index (χ0v) is 10.4. The molecule has 1 N–H and O–H groups in total. The van der Waals surface area contributed by atoms with Crippen molar-refractivity contribution in [1.29, 1.82) is 0 Å². The summed E-state index contributed by atoms with van der Waals surface area (Å²) >= 11 is 0. The molecule has 1 rings (SSSR count). The van der Waals surface area contributed by atoms with Crippen LogP contribution in [0.1, 0.15) is 10.4 Å². The van der Waals surface area contributed by atoms with Crippen molar-refractivity contribution < 1.29 is 40.1 Å². The molecule has 1 unspecified atom stereocenters. The van der Waals surface area contributed by atoms with Crippen molar-refractivity contribution in [2.75, 3.05) is 5.75 Å². The van der Waals surface area contributed by atoms with E-state index in [4.69, 9.17) is 4.55 Å². The van der Waals surface area contributed by atoms with Crippen LogP contribution in [0.2, 0.25) is 0 Å². The predicted octanol–water partition coefficient (Wildman–Crippen LogP) is 1.80. The third-order valence-electron chi connectivity index (χ3n) is 2.06. The standard InChI is InChI=1S/C10H8F4O5S/c11-7-3-1-6(2-4-7)9(15)19-8(10(12,13)14)5-20(16,17)18/h1-4,8H,5H2,(H,16,17,18). The van der Waals surface area contributed by atoms with Gasteiger partial charge in [0, 0.05) is 0 Å². The second kappa shape index (κ2) is 5.75. The van der Waals surface area contributed by atoms with E-state index >= 15 is 0 Å². The molecule has 5 nitrogen and oxygen atoms in total. The van der Waals surface area contributed by atoms with E-state index in [0.717, 1.165) is 24.3 Å². The Morgan fingerprint density at radius 2 is 1.75 bits per heavy atom. The molecule has 0 fully saturated rings. The maximum Gasteiger partial charge on any atom is 0.426 e. The van der Waals surface area contributed by atoms with Crippen LogP contribution in [0.4, 0.5) is 17.6 Å². The van der Waals surface area contributed by atoms with Gasteiger partial charge in [0.25, 0.3) is 10.1 Å². The van der Waals surface area contributed by atoms with E-state index in [9.17, 15) is 30.8 Å². The molecule has 0 amide bonds. The van der Waals surface area contributed by atoms with Gasteiger partial charge in [0.15, 0.2) is 0 Å². The highest BCUT2D eigenvalue weighted by atomic mass is 32.2. The molecule has 0 bridgehead atoms. The largest absolute Gasteiger partial charge is 0.448 e. The van der Waals surface area contributed by atoms with E-state index < -0.39 is 45.5 Å². The van der Waals surface area contributed by atoms with Crippen LogP contribution in [0.25, 0.3) is 0 Å². The first-order valence-electron chi connectivity index (χ1n) is 4.97. The lowest BCUT2D eigenvalue weighted by Gasteiger charge is -2.19. The Kier molecular flexibility index (Phi) is 4.71. The first-order valence-corrected chi connectivity index (χ1v) is 6.58. The average molecular weight is 316 g/mol. The topological polar surface area (TPSA) is 80.7 Å². The van der Waals surface area contributed by atoms with Crippen LogP contribution < -0.4 is 0 Å². The number of esters is 1. The molecule has 0 heterocycles. The van der Waals surface area contributed by atoms with E-state index in [1.54, 1.807) is 0 Å². The van der Waals surface area contributed by atoms with Gasteiger partial charge in [-0.2, -0.15) is 21.6 Å². The molecule has 20 heavy (non-hydrogen) atoms. The van der Waals surface area contributed by atoms with E-state index in [-0.39, 0.29) is 0 Å². The Labute approximate surface area is 110 Å². The van der Waals surface area contributed by atoms with E-state index in [2.05, 4.69) is 4.74 Å². The summed E-state index contributed by atoms with van der Waals surface area (Å²) in [6.07, 6.45) is -8.19. The molecule has 0 aromatic heterocycles. The van der Waals surface area contributed by atoms with Gasteiger partial charge in [0.2, 0.25) is 6.10 Å². The Balaban J connectivity index is 2.90. The molecular formula is C10H8F4O5S. The average Bonchev–Trinajstić information content (AvgIpc) is 2.25. The number of alkyl halides is 3. The third-order valence-corrected chi connectivity index (χ3v) is 2.78. The van der Waals surface area contributed by atoms with Gasteiger partial charge in [0.05, 0.1) is 5.56 Å². The molecular weight excluding hydrogens is 308 g/mol. The van der Waals surface area contributed by atoms with Crippen molar-refractivity contribution in [3.8, 4) is 0 Å². The Morgan fingerprint density at radius 1 is 1.25 bits per heavy atom. The number of carbonyl (C=O) groups excluding carboxylic acids is 1. The minimum atomic E-state index is -5.18. The van der Waals surface area contributed by atoms with Crippen LogP contribution in [0.15, 0.2) is 24.3 Å². The molecule has 1 aromatic rings. The second-order valence-corrected chi connectivity index (χ2v) is 5.19. The Morgan fingerprint density at radius 3 is 2.15 bits per heavy atom. The molecule has 0 saturated carbocycles. The summed E-state index contributed by atoms with van der Waals surface area (Å²) in [5.74, 6) is -4.02. The molecule has 0 aliphatic heterocycles. The SMILES string of the molecule is O=C(OC(CS(=O)(=O)O)C(F)(F)F)c1ccc(F)cc1. The smallest absolute Gasteiger partial charge is 0.426 e. The van der Waals surface area contributed by atoms with Gasteiger partial charge < -0.3 is 4.74 Å². The van der Waals surface area contributed by atoms with Crippen molar-refractivity contribution >= 4 is 16.1 Å². The van der Waals surface area contributed by atoms with Gasteiger partial charge in [-0.15, -0.1) is 0 Å². The van der Waals surface area contributed by atoms with Crippen LogP contribution in [0, 0.1) is 5.82 Å². The fourth-order valence-corrected chi connectivity index (χ4v) is 1.81. The zero-order chi connectivity index (χ0) is 15.6. The van der Waals surface area contributed by atoms with Gasteiger partial charge in [-0.3, -0.25) is 4.55 Å². The van der Waals surface area contributed by atoms with Crippen molar-refractivity contribution in [3.05, 3.63) is 35.6 Å². The summed E-state index contributed by atoms with van der Waals surface area (Å²) in [5, 5.41) is 0. The highest BCUT2D eigenvalue weighted by Gasteiger charge is 2.45. The minimum absolute atomic E-state index is 0.393. The van der Waals surface area contributed by atoms with Gasteiger partial charge in [-0.05, 0) is 24.3 Å². The first-order chi connectivity index (χ1) is 8.99. The Hall–Kier alpha value is -1.68. The van der Waals surface area contributed by atoms with Crippen molar-refractivity contribution in [2.45, 2.75) is 12.3 Å². The number of hydrogen-bond donors (Lipinski definition) is 1. The predicted molar refractivity (Wildman–Crippen MR) is 58.1 cm³/mol. The zero-order valence-electron chi connectivity index (χ0n) is 9.59. The summed E-state index contributed by atoms with van der Waals surface area (Å²) in [5.41, 5.74) is -0.393. The van der Waals surface area contributed by atoms with Crippen LogP contribution >= 0.6 is 0 Å². The summed E-state index contributed by atoms with van der Waals surface area (Å²) in [7, 11) is -5.00. The van der Waals surface area contributed by atoms with Crippen molar-refractivity contribution in [1.82, 2.24) is 0 Å². The summed E-state index contributed by atoms with van der Waals surface area (Å²) < 4.78 is 83.3. The molecule has 0 radical (unpaired) electrons. The molecule has 0 aliphatic rings. The van der Waals surface area contributed by atoms with Gasteiger partial charge in [-0.1, -0.05) is 0 Å². The quantitative estimate of drug-likeness (QED) is 0.520. The number of halogens is 4. The molecule has 10 heteroatoms. The third kappa shape index (κ3) is 5.13. The van der Waals surface area contributed by atoms with Gasteiger partial charge in [-0.25, -0.2) is 9.18 Å². The summed E-state index contributed by atoms with van der Waals surface area (Å²) in [6, 6.07) is 3.39. The highest BCUT2D eigenvalue weighted by molar-refractivity contribution is 7.85. The maximum absolute atomic E-state index is 12.6. The summed E-state index contributed by atoms with van der Waals surface area (Å²) in [6.45, 7) is 0. The maximum atomic E-state index is 12.6. The molecule has 0 aliphatic carbocycles. The number of benzene rings is 1. The second-order valence-electron chi connectivity index (χ2n) is 3.69. The lowest BCUT2D eigenvalue weighted by atomic mass is 10.2. The monoisotopic (exact) mass is 316 g/mol. The molecule has 1 aromatic carbocycles. The normalized spacial score (nSPS) is 13.8. The highest BCUT2D eigenvalue weighted by Crippen LogP contribution is 2.25. The van der Waals surface area contributed by atoms with Gasteiger partial charge in [0.1, 0.15) is 11.6 Å². The number of hydrogen-bond acceptors (Lipinski definition) is 4. The number of carbonyl (C=O) groups is 1. The number of rotatable bonds is 4. The first kappa shape index (κ1) is 16.4. The van der Waals surface area contributed by atoms with Gasteiger partial charge >= 0.3 is 12.1 Å². The summed E-state index contributed by atoms with van der Waals surface area (Å²) in [4.78, 5) is 11.4. The lowest BCUT2D eigenvalue weighted by molar-refractivity contribution is -0.197. The number of ether oxygens (including phenoxy) is 1. The Bertz CT molecular complexity index is 579. The molecule has 1 atom stereocenters. The van der Waals surface area contributed by atoms with Crippen LogP contribution in [0.3, 0.4) is 0 Å². The molecule has 112 valence electrons. The van der Waals surface area contributed by atoms with Crippen LogP contribution in [-0.4, -0.2) is 37.0 Å². The van der Waals surface area contributed by atoms with E-state index in [0.29, 0.717) is 0 Å². The lowest BCUT2D eigenvalue weighted by Crippen LogP contribution is -2.39. The fraction of sp³-hybridized carbons (Fsp3) is 0.300. The van der Waals surface area contributed by atoms with Crippen LogP contribution in [-0.2, 0) is 14.9 Å². The minimum Gasteiger partial charge on any atom is -0.448 e. The fourth-order valence-electron chi connectivity index (χ4n) is 1.17. The van der Waals surface area contributed by atoms with Crippen molar-refractivity contribution in [2.24, 2.45) is 0 Å². The van der Waals surface area contributed by atoms with Crippen molar-refractivity contribution in [3.63, 3.8) is 0 Å². The molecule has 0 saturated heterocycles. The van der Waals surface area contributed by atoms with Crippen LogP contribution in [0.5, 0.6) is 0 Å².